The number of anilines is 1. The number of methoxy groups -OCH3 is 2. The maximum absolute atomic E-state index is 13.4. The highest BCUT2D eigenvalue weighted by molar-refractivity contribution is 5.92. The minimum absolute atomic E-state index is 0.0823. The Labute approximate surface area is 149 Å². The molecule has 0 saturated carbocycles. The number of benzene rings is 2. The van der Waals surface area contributed by atoms with E-state index in [0.717, 1.165) is 12.1 Å². The van der Waals surface area contributed by atoms with Crippen LogP contribution in [0.15, 0.2) is 30.3 Å². The van der Waals surface area contributed by atoms with Crippen molar-refractivity contribution in [1.29, 1.82) is 0 Å². The van der Waals surface area contributed by atoms with Gasteiger partial charge in [-0.3, -0.25) is 4.79 Å². The molecule has 0 aromatic heterocycles. The molecule has 1 amide bonds. The molecule has 2 aromatic rings. The molecule has 3 N–H and O–H groups in total. The summed E-state index contributed by atoms with van der Waals surface area (Å²) in [6.07, 6.45) is 0. The van der Waals surface area contributed by atoms with Gasteiger partial charge in [-0.2, -0.15) is 0 Å². The lowest BCUT2D eigenvalue weighted by molar-refractivity contribution is -0.118. The van der Waals surface area contributed by atoms with Gasteiger partial charge in [0.2, 0.25) is 0 Å². The number of rotatable bonds is 8. The summed E-state index contributed by atoms with van der Waals surface area (Å²) in [7, 11) is 2.98. The average Bonchev–Trinajstić information content (AvgIpc) is 2.65. The van der Waals surface area contributed by atoms with Crippen LogP contribution in [-0.4, -0.2) is 36.9 Å². The highest BCUT2D eigenvalue weighted by atomic mass is 19.1. The number of hydrogen-bond acceptors (Lipinski definition) is 6. The maximum Gasteiger partial charge on any atom is 0.262 e. The van der Waals surface area contributed by atoms with Crippen molar-refractivity contribution >= 4 is 11.6 Å². The third-order valence-corrected chi connectivity index (χ3v) is 3.56. The van der Waals surface area contributed by atoms with E-state index in [9.17, 15) is 19.4 Å². The molecule has 0 fully saturated rings. The maximum atomic E-state index is 13.4. The molecule has 2 rings (SSSR count). The fourth-order valence-electron chi connectivity index (χ4n) is 2.38. The molecule has 0 heterocycles. The van der Waals surface area contributed by atoms with Crippen LogP contribution < -0.4 is 19.5 Å². The van der Waals surface area contributed by atoms with E-state index < -0.39 is 24.9 Å². The summed E-state index contributed by atoms with van der Waals surface area (Å²) in [5, 5.41) is 21.3. The number of hydrogen-bond donors (Lipinski definition) is 3. The Morgan fingerprint density at radius 2 is 1.65 bits per heavy atom. The van der Waals surface area contributed by atoms with Crippen molar-refractivity contribution in [2.24, 2.45) is 0 Å². The lowest BCUT2D eigenvalue weighted by atomic mass is 10.1. The lowest BCUT2D eigenvalue weighted by Crippen LogP contribution is -2.21. The van der Waals surface area contributed by atoms with Crippen LogP contribution in [0.1, 0.15) is 11.1 Å². The molecule has 0 spiro atoms. The van der Waals surface area contributed by atoms with E-state index in [1.54, 1.807) is 18.2 Å². The van der Waals surface area contributed by atoms with Crippen LogP contribution in [0.3, 0.4) is 0 Å². The first-order chi connectivity index (χ1) is 12.5. The van der Waals surface area contributed by atoms with Gasteiger partial charge in [0.25, 0.3) is 5.91 Å². The third-order valence-electron chi connectivity index (χ3n) is 3.56. The van der Waals surface area contributed by atoms with Crippen LogP contribution in [0.5, 0.6) is 17.2 Å². The molecule has 140 valence electrons. The standard InChI is InChI=1S/C18H20FNO6/c1-24-15-4-3-14(7-16(15)25-2)20-17(23)10-26-18-11(8-21)5-13(19)6-12(18)9-22/h3-7,21-22H,8-10H2,1-2H3,(H,20,23). The Hall–Kier alpha value is -2.84. The van der Waals surface area contributed by atoms with Gasteiger partial charge in [-0.1, -0.05) is 0 Å². The van der Waals surface area contributed by atoms with Crippen LogP contribution in [0.4, 0.5) is 10.1 Å². The molecule has 0 aliphatic rings. The molecule has 26 heavy (non-hydrogen) atoms. The number of carbonyl (C=O) groups excluding carboxylic acids is 1. The summed E-state index contributed by atoms with van der Waals surface area (Å²) in [6, 6.07) is 7.03. The minimum atomic E-state index is -0.611. The van der Waals surface area contributed by atoms with Crippen LogP contribution in [-0.2, 0) is 18.0 Å². The normalized spacial score (nSPS) is 10.3. The zero-order valence-corrected chi connectivity index (χ0v) is 14.4. The van der Waals surface area contributed by atoms with Gasteiger partial charge in [0.15, 0.2) is 18.1 Å². The smallest absolute Gasteiger partial charge is 0.262 e. The quantitative estimate of drug-likeness (QED) is 0.661. The van der Waals surface area contributed by atoms with Gasteiger partial charge in [-0.25, -0.2) is 4.39 Å². The summed E-state index contributed by atoms with van der Waals surface area (Å²) < 4.78 is 29.1. The molecule has 7 nitrogen and oxygen atoms in total. The number of amides is 1. The van der Waals surface area contributed by atoms with E-state index in [4.69, 9.17) is 14.2 Å². The highest BCUT2D eigenvalue weighted by Gasteiger charge is 2.14. The fraction of sp³-hybridized carbons (Fsp3) is 0.278. The predicted octanol–water partition coefficient (Wildman–Crippen LogP) is 1.84. The van der Waals surface area contributed by atoms with Gasteiger partial charge in [0.05, 0.1) is 27.4 Å². The van der Waals surface area contributed by atoms with Crippen molar-refractivity contribution in [2.45, 2.75) is 13.2 Å². The Balaban J connectivity index is 2.08. The Bertz CT molecular complexity index is 755. The molecule has 0 unspecified atom stereocenters. The molecular weight excluding hydrogens is 345 g/mol. The van der Waals surface area contributed by atoms with E-state index in [0.29, 0.717) is 17.2 Å². The Morgan fingerprint density at radius 3 is 2.19 bits per heavy atom. The monoisotopic (exact) mass is 365 g/mol. The van der Waals surface area contributed by atoms with Crippen molar-refractivity contribution in [1.82, 2.24) is 0 Å². The van der Waals surface area contributed by atoms with E-state index in [1.165, 1.54) is 14.2 Å². The summed E-state index contributed by atoms with van der Waals surface area (Å²) in [5.41, 5.74) is 0.765. The summed E-state index contributed by atoms with van der Waals surface area (Å²) >= 11 is 0. The molecule has 0 saturated heterocycles. The number of aliphatic hydroxyl groups is 2. The second-order valence-electron chi connectivity index (χ2n) is 5.28. The molecule has 0 bridgehead atoms. The second kappa shape index (κ2) is 9.02. The Morgan fingerprint density at radius 1 is 1.04 bits per heavy atom. The average molecular weight is 365 g/mol. The number of aliphatic hydroxyl groups excluding tert-OH is 2. The summed E-state index contributed by atoms with van der Waals surface area (Å²) in [4.78, 5) is 12.1. The van der Waals surface area contributed by atoms with Crippen molar-refractivity contribution in [3.05, 3.63) is 47.3 Å². The van der Waals surface area contributed by atoms with Gasteiger partial charge in [-0.15, -0.1) is 0 Å². The predicted molar refractivity (Wildman–Crippen MR) is 91.9 cm³/mol. The van der Waals surface area contributed by atoms with E-state index in [1.807, 2.05) is 0 Å². The third kappa shape index (κ3) is 4.62. The van der Waals surface area contributed by atoms with Gasteiger partial charge >= 0.3 is 0 Å². The van der Waals surface area contributed by atoms with Gasteiger partial charge in [0, 0.05) is 22.9 Å². The SMILES string of the molecule is COc1ccc(NC(=O)COc2c(CO)cc(F)cc2CO)cc1OC. The van der Waals surface area contributed by atoms with Crippen molar-refractivity contribution in [2.75, 3.05) is 26.1 Å². The minimum Gasteiger partial charge on any atom is -0.493 e. The molecule has 0 radical (unpaired) electrons. The van der Waals surface area contributed by atoms with Crippen molar-refractivity contribution in [3.63, 3.8) is 0 Å². The fourth-order valence-corrected chi connectivity index (χ4v) is 2.38. The first-order valence-corrected chi connectivity index (χ1v) is 7.70. The topological polar surface area (TPSA) is 97.3 Å². The zero-order chi connectivity index (χ0) is 19.1. The van der Waals surface area contributed by atoms with Gasteiger partial charge in [-0.05, 0) is 24.3 Å². The molecular formula is C18H20FNO6. The molecule has 0 aliphatic carbocycles. The molecule has 0 atom stereocenters. The molecule has 8 heteroatoms. The van der Waals surface area contributed by atoms with Gasteiger partial charge < -0.3 is 29.7 Å². The lowest BCUT2D eigenvalue weighted by Gasteiger charge is -2.15. The van der Waals surface area contributed by atoms with Crippen LogP contribution >= 0.6 is 0 Å². The molecule has 2 aromatic carbocycles. The van der Waals surface area contributed by atoms with Crippen molar-refractivity contribution in [3.8, 4) is 17.2 Å². The number of halogens is 1. The van der Waals surface area contributed by atoms with Crippen LogP contribution in [0.25, 0.3) is 0 Å². The van der Waals surface area contributed by atoms with E-state index in [2.05, 4.69) is 5.32 Å². The van der Waals surface area contributed by atoms with E-state index >= 15 is 0 Å². The highest BCUT2D eigenvalue weighted by Crippen LogP contribution is 2.30. The van der Waals surface area contributed by atoms with Crippen LogP contribution in [0.2, 0.25) is 0 Å². The summed E-state index contributed by atoms with van der Waals surface area (Å²) in [5.74, 6) is -0.0310. The van der Waals surface area contributed by atoms with Crippen molar-refractivity contribution < 1.29 is 33.6 Å². The number of carbonyl (C=O) groups is 1. The van der Waals surface area contributed by atoms with Gasteiger partial charge in [0.1, 0.15) is 11.6 Å². The Kier molecular flexibility index (Phi) is 6.76. The first-order valence-electron chi connectivity index (χ1n) is 7.70. The molecule has 0 aliphatic heterocycles. The second-order valence-corrected chi connectivity index (χ2v) is 5.28. The zero-order valence-electron chi connectivity index (χ0n) is 14.4. The number of nitrogens with one attached hydrogen (secondary N) is 1. The van der Waals surface area contributed by atoms with Crippen LogP contribution in [0, 0.1) is 5.82 Å². The first kappa shape index (κ1) is 19.5. The number of ether oxygens (including phenoxy) is 3. The summed E-state index contributed by atoms with van der Waals surface area (Å²) in [6.45, 7) is -1.37. The largest absolute Gasteiger partial charge is 0.493 e. The van der Waals surface area contributed by atoms with E-state index in [-0.39, 0.29) is 23.5 Å².